The molecular weight excluding hydrogens is 244 g/mol. The number of rotatable bonds is 3. The Morgan fingerprint density at radius 3 is 2.78 bits per heavy atom. The van der Waals surface area contributed by atoms with Crippen LogP contribution in [0.1, 0.15) is 31.4 Å². The van der Waals surface area contributed by atoms with E-state index in [1.807, 2.05) is 11.7 Å². The SMILES string of the molecule is Cc1nn(C)c2nc(N(C)CC3CCCC3)sc12. The fourth-order valence-electron chi connectivity index (χ4n) is 2.90. The van der Waals surface area contributed by atoms with Crippen LogP contribution >= 0.6 is 11.3 Å². The standard InChI is InChI=1S/C13H20N4S/c1-9-11-12(17(3)15-9)14-13(18-11)16(2)8-10-6-4-5-7-10/h10H,4-8H2,1-3H3. The second-order valence-electron chi connectivity index (χ2n) is 5.39. The monoisotopic (exact) mass is 264 g/mol. The van der Waals surface area contributed by atoms with Gasteiger partial charge in [0, 0.05) is 20.6 Å². The molecule has 1 saturated carbocycles. The molecule has 2 aromatic rings. The number of aryl methyl sites for hydroxylation is 2. The van der Waals surface area contributed by atoms with Crippen LogP contribution in [0.25, 0.3) is 10.3 Å². The molecule has 0 N–H and O–H groups in total. The molecule has 4 nitrogen and oxygen atoms in total. The summed E-state index contributed by atoms with van der Waals surface area (Å²) in [7, 11) is 4.13. The fourth-order valence-corrected chi connectivity index (χ4v) is 3.90. The van der Waals surface area contributed by atoms with Gasteiger partial charge in [0.25, 0.3) is 0 Å². The van der Waals surface area contributed by atoms with E-state index < -0.39 is 0 Å². The van der Waals surface area contributed by atoms with E-state index in [-0.39, 0.29) is 0 Å². The minimum absolute atomic E-state index is 0.862. The third-order valence-electron chi connectivity index (χ3n) is 3.87. The van der Waals surface area contributed by atoms with Gasteiger partial charge >= 0.3 is 0 Å². The molecule has 1 aliphatic carbocycles. The van der Waals surface area contributed by atoms with Gasteiger partial charge in [0.05, 0.1) is 10.4 Å². The lowest BCUT2D eigenvalue weighted by atomic mass is 10.1. The zero-order valence-electron chi connectivity index (χ0n) is 11.3. The smallest absolute Gasteiger partial charge is 0.187 e. The molecule has 0 radical (unpaired) electrons. The highest BCUT2D eigenvalue weighted by molar-refractivity contribution is 7.22. The molecule has 1 fully saturated rings. The van der Waals surface area contributed by atoms with Gasteiger partial charge in [-0.25, -0.2) is 9.67 Å². The zero-order valence-corrected chi connectivity index (χ0v) is 12.1. The highest BCUT2D eigenvalue weighted by Gasteiger charge is 2.20. The molecule has 0 atom stereocenters. The Morgan fingerprint density at radius 2 is 2.11 bits per heavy atom. The van der Waals surface area contributed by atoms with Crippen molar-refractivity contribution in [2.45, 2.75) is 32.6 Å². The van der Waals surface area contributed by atoms with Crippen LogP contribution in [-0.2, 0) is 7.05 Å². The van der Waals surface area contributed by atoms with E-state index in [2.05, 4.69) is 24.0 Å². The summed E-state index contributed by atoms with van der Waals surface area (Å²) in [5, 5.41) is 5.53. The lowest BCUT2D eigenvalue weighted by Crippen LogP contribution is -2.23. The first kappa shape index (κ1) is 12.0. The largest absolute Gasteiger partial charge is 0.351 e. The van der Waals surface area contributed by atoms with Crippen molar-refractivity contribution in [3.8, 4) is 0 Å². The summed E-state index contributed by atoms with van der Waals surface area (Å²) >= 11 is 1.77. The van der Waals surface area contributed by atoms with Gasteiger partial charge in [-0.05, 0) is 25.7 Å². The van der Waals surface area contributed by atoms with Crippen LogP contribution in [0.15, 0.2) is 0 Å². The lowest BCUT2D eigenvalue weighted by molar-refractivity contribution is 0.546. The maximum absolute atomic E-state index is 4.72. The Morgan fingerprint density at radius 1 is 1.39 bits per heavy atom. The van der Waals surface area contributed by atoms with E-state index in [9.17, 15) is 0 Å². The van der Waals surface area contributed by atoms with Gasteiger partial charge in [-0.1, -0.05) is 24.2 Å². The van der Waals surface area contributed by atoms with Gasteiger partial charge < -0.3 is 4.90 Å². The Labute approximate surface area is 112 Å². The molecule has 2 aromatic heterocycles. The quantitative estimate of drug-likeness (QED) is 0.854. The molecule has 0 spiro atoms. The lowest BCUT2D eigenvalue weighted by Gasteiger charge is -2.19. The second kappa shape index (κ2) is 4.53. The van der Waals surface area contributed by atoms with E-state index in [4.69, 9.17) is 4.98 Å². The van der Waals surface area contributed by atoms with Crippen molar-refractivity contribution in [3.63, 3.8) is 0 Å². The normalized spacial score (nSPS) is 16.8. The van der Waals surface area contributed by atoms with E-state index in [0.29, 0.717) is 0 Å². The maximum atomic E-state index is 4.72. The minimum Gasteiger partial charge on any atom is -0.351 e. The van der Waals surface area contributed by atoms with Crippen LogP contribution in [0.4, 0.5) is 5.13 Å². The average molecular weight is 264 g/mol. The Balaban J connectivity index is 1.82. The molecule has 2 heterocycles. The maximum Gasteiger partial charge on any atom is 0.187 e. The molecule has 0 aliphatic heterocycles. The Kier molecular flexibility index (Phi) is 3.01. The molecule has 0 bridgehead atoms. The molecule has 18 heavy (non-hydrogen) atoms. The van der Waals surface area contributed by atoms with Crippen molar-refractivity contribution < 1.29 is 0 Å². The summed E-state index contributed by atoms with van der Waals surface area (Å²) in [6.07, 6.45) is 5.58. The molecule has 0 amide bonds. The van der Waals surface area contributed by atoms with Crippen LogP contribution in [0.5, 0.6) is 0 Å². The van der Waals surface area contributed by atoms with E-state index in [0.717, 1.165) is 28.9 Å². The van der Waals surface area contributed by atoms with Crippen LogP contribution in [0.3, 0.4) is 0 Å². The molecule has 98 valence electrons. The molecule has 3 rings (SSSR count). The van der Waals surface area contributed by atoms with Gasteiger partial charge in [-0.15, -0.1) is 0 Å². The predicted molar refractivity (Wildman–Crippen MR) is 76.4 cm³/mol. The van der Waals surface area contributed by atoms with E-state index in [1.54, 1.807) is 11.3 Å². The number of thiazole rings is 1. The van der Waals surface area contributed by atoms with Gasteiger partial charge in [0.2, 0.25) is 0 Å². The second-order valence-corrected chi connectivity index (χ2v) is 6.37. The topological polar surface area (TPSA) is 34.0 Å². The van der Waals surface area contributed by atoms with Crippen molar-refractivity contribution in [2.75, 3.05) is 18.5 Å². The number of anilines is 1. The highest BCUT2D eigenvalue weighted by Crippen LogP contribution is 2.32. The third kappa shape index (κ3) is 2.00. The first-order valence-electron chi connectivity index (χ1n) is 6.66. The average Bonchev–Trinajstić information content (AvgIpc) is 3.00. The summed E-state index contributed by atoms with van der Waals surface area (Å²) in [5.74, 6) is 0.862. The first-order chi connectivity index (χ1) is 8.65. The van der Waals surface area contributed by atoms with Crippen molar-refractivity contribution in [3.05, 3.63) is 5.69 Å². The predicted octanol–water partition coefficient (Wildman–Crippen LogP) is 2.96. The molecular formula is C13H20N4S. The number of hydrogen-bond acceptors (Lipinski definition) is 4. The van der Waals surface area contributed by atoms with Crippen LogP contribution in [0, 0.1) is 12.8 Å². The van der Waals surface area contributed by atoms with E-state index in [1.165, 1.54) is 30.4 Å². The summed E-state index contributed by atoms with van der Waals surface area (Å²) in [6, 6.07) is 0. The van der Waals surface area contributed by atoms with Gasteiger partial charge in [0.1, 0.15) is 0 Å². The number of nitrogens with zero attached hydrogens (tertiary/aromatic N) is 4. The molecule has 1 aliphatic rings. The highest BCUT2D eigenvalue weighted by atomic mass is 32.1. The molecule has 0 aromatic carbocycles. The van der Waals surface area contributed by atoms with Gasteiger partial charge in [-0.2, -0.15) is 5.10 Å². The van der Waals surface area contributed by atoms with Crippen molar-refractivity contribution in [1.29, 1.82) is 0 Å². The van der Waals surface area contributed by atoms with Crippen LogP contribution in [-0.4, -0.2) is 28.4 Å². The zero-order chi connectivity index (χ0) is 12.7. The fraction of sp³-hybridized carbons (Fsp3) is 0.692. The number of hydrogen-bond donors (Lipinski definition) is 0. The summed E-state index contributed by atoms with van der Waals surface area (Å²) in [5.41, 5.74) is 2.11. The molecule has 0 saturated heterocycles. The first-order valence-corrected chi connectivity index (χ1v) is 7.48. The third-order valence-corrected chi connectivity index (χ3v) is 5.13. The van der Waals surface area contributed by atoms with Crippen LogP contribution in [0.2, 0.25) is 0 Å². The van der Waals surface area contributed by atoms with Crippen molar-refractivity contribution in [2.24, 2.45) is 13.0 Å². The Bertz CT molecular complexity index is 516. The number of fused-ring (bicyclic) bond motifs is 1. The molecule has 5 heteroatoms. The Hall–Kier alpha value is -1.10. The van der Waals surface area contributed by atoms with Gasteiger partial charge in [-0.3, -0.25) is 0 Å². The van der Waals surface area contributed by atoms with E-state index >= 15 is 0 Å². The van der Waals surface area contributed by atoms with Crippen molar-refractivity contribution >= 4 is 26.8 Å². The summed E-state index contributed by atoms with van der Waals surface area (Å²) in [4.78, 5) is 7.04. The molecule has 0 unspecified atom stereocenters. The van der Waals surface area contributed by atoms with Crippen LogP contribution < -0.4 is 4.90 Å². The van der Waals surface area contributed by atoms with Crippen molar-refractivity contribution in [1.82, 2.24) is 14.8 Å². The number of aromatic nitrogens is 3. The van der Waals surface area contributed by atoms with Gasteiger partial charge in [0.15, 0.2) is 10.8 Å². The minimum atomic E-state index is 0.862. The summed E-state index contributed by atoms with van der Waals surface area (Å²) in [6.45, 7) is 3.20. The summed E-state index contributed by atoms with van der Waals surface area (Å²) < 4.78 is 3.11.